The van der Waals surface area contributed by atoms with Gasteiger partial charge in [0, 0.05) is 19.6 Å². The fourth-order valence-corrected chi connectivity index (χ4v) is 1.11. The summed E-state index contributed by atoms with van der Waals surface area (Å²) in [6.07, 6.45) is 0. The van der Waals surface area contributed by atoms with E-state index in [0.29, 0.717) is 6.54 Å². The van der Waals surface area contributed by atoms with E-state index in [1.165, 1.54) is 0 Å². The third kappa shape index (κ3) is 1.68. The molecule has 4 N–H and O–H groups in total. The smallest absolute Gasteiger partial charge is 0.264 e. The molecule has 5 nitrogen and oxygen atoms in total. The van der Waals surface area contributed by atoms with E-state index in [1.807, 2.05) is 0 Å². The molecule has 1 atom stereocenters. The Hall–Kier alpha value is -0.650. The normalized spacial score (nSPS) is 31.5. The van der Waals surface area contributed by atoms with Crippen LogP contribution in [0.5, 0.6) is 0 Å². The molecular formula is C6H13N3O2. The number of nitrogens with one attached hydrogen (secondary N) is 3. The van der Waals surface area contributed by atoms with Gasteiger partial charge in [0.15, 0.2) is 0 Å². The van der Waals surface area contributed by atoms with E-state index in [0.717, 1.165) is 13.1 Å². The van der Waals surface area contributed by atoms with Crippen molar-refractivity contribution in [2.24, 2.45) is 0 Å². The van der Waals surface area contributed by atoms with Crippen molar-refractivity contribution in [2.75, 3.05) is 19.6 Å². The summed E-state index contributed by atoms with van der Waals surface area (Å²) in [4.78, 5) is 11.0. The predicted octanol–water partition coefficient (Wildman–Crippen LogP) is -1.56. The van der Waals surface area contributed by atoms with Crippen LogP contribution in [-0.2, 0) is 4.79 Å². The Balaban J connectivity index is 2.56. The van der Waals surface area contributed by atoms with Gasteiger partial charge in [0.2, 0.25) is 0 Å². The Morgan fingerprint density at radius 2 is 2.36 bits per heavy atom. The van der Waals surface area contributed by atoms with Gasteiger partial charge in [-0.15, -0.1) is 0 Å². The van der Waals surface area contributed by atoms with Gasteiger partial charge in [0.1, 0.15) is 5.54 Å². The molecule has 1 heterocycles. The largest absolute Gasteiger partial charge is 0.313 e. The van der Waals surface area contributed by atoms with E-state index in [4.69, 9.17) is 5.21 Å². The van der Waals surface area contributed by atoms with Gasteiger partial charge in [0.05, 0.1) is 0 Å². The minimum absolute atomic E-state index is 0.398. The van der Waals surface area contributed by atoms with E-state index in [-0.39, 0.29) is 0 Å². The number of hydroxylamine groups is 1. The molecule has 1 aliphatic rings. The van der Waals surface area contributed by atoms with Crippen LogP contribution in [0.1, 0.15) is 6.92 Å². The molecule has 0 aromatic rings. The van der Waals surface area contributed by atoms with Gasteiger partial charge in [-0.05, 0) is 6.92 Å². The first-order valence-corrected chi connectivity index (χ1v) is 3.59. The number of piperazine rings is 1. The third-order valence-corrected chi connectivity index (χ3v) is 1.90. The van der Waals surface area contributed by atoms with Crippen LogP contribution in [0, 0.1) is 0 Å². The molecule has 0 aromatic carbocycles. The molecular weight excluding hydrogens is 146 g/mol. The molecule has 0 aromatic heterocycles. The second kappa shape index (κ2) is 3.17. The summed E-state index contributed by atoms with van der Waals surface area (Å²) >= 11 is 0. The van der Waals surface area contributed by atoms with E-state index in [2.05, 4.69) is 10.6 Å². The maximum absolute atomic E-state index is 11.0. The van der Waals surface area contributed by atoms with Crippen LogP contribution in [-0.4, -0.2) is 36.3 Å². The van der Waals surface area contributed by atoms with E-state index >= 15 is 0 Å². The van der Waals surface area contributed by atoms with Crippen molar-refractivity contribution >= 4 is 5.91 Å². The molecule has 0 saturated carbocycles. The standard InChI is InChI=1S/C6H13N3O2/c1-6(5(10)9-11)4-7-2-3-8-6/h7-8,11H,2-4H2,1H3,(H,9,10). The molecule has 1 fully saturated rings. The van der Waals surface area contributed by atoms with Crippen LogP contribution in [0.4, 0.5) is 0 Å². The predicted molar refractivity (Wildman–Crippen MR) is 39.2 cm³/mol. The topological polar surface area (TPSA) is 73.4 Å². The van der Waals surface area contributed by atoms with E-state index in [1.54, 1.807) is 12.4 Å². The van der Waals surface area contributed by atoms with E-state index < -0.39 is 11.4 Å². The first-order valence-electron chi connectivity index (χ1n) is 3.59. The zero-order chi connectivity index (χ0) is 8.32. The van der Waals surface area contributed by atoms with E-state index in [9.17, 15) is 4.79 Å². The monoisotopic (exact) mass is 159 g/mol. The Kier molecular flexibility index (Phi) is 2.43. The lowest BCUT2D eigenvalue weighted by Crippen LogP contribution is -2.64. The summed E-state index contributed by atoms with van der Waals surface area (Å²) in [5, 5.41) is 14.5. The average molecular weight is 159 g/mol. The SMILES string of the molecule is CC1(C(=O)NO)CNCCN1. The van der Waals surface area contributed by atoms with Crippen LogP contribution in [0.25, 0.3) is 0 Å². The van der Waals surface area contributed by atoms with Crippen molar-refractivity contribution in [1.82, 2.24) is 16.1 Å². The maximum atomic E-state index is 11.0. The van der Waals surface area contributed by atoms with Crippen molar-refractivity contribution in [2.45, 2.75) is 12.5 Å². The van der Waals surface area contributed by atoms with Crippen LogP contribution in [0.15, 0.2) is 0 Å². The highest BCUT2D eigenvalue weighted by molar-refractivity contribution is 5.85. The summed E-state index contributed by atoms with van der Waals surface area (Å²) < 4.78 is 0. The Bertz CT molecular complexity index is 154. The zero-order valence-electron chi connectivity index (χ0n) is 6.48. The summed E-state index contributed by atoms with van der Waals surface area (Å²) in [7, 11) is 0. The molecule has 0 radical (unpaired) electrons. The summed E-state index contributed by atoms with van der Waals surface area (Å²) in [6.45, 7) is 3.88. The lowest BCUT2D eigenvalue weighted by molar-refractivity contribution is -0.135. The highest BCUT2D eigenvalue weighted by Gasteiger charge is 2.33. The average Bonchev–Trinajstić information content (AvgIpc) is 2.04. The first kappa shape index (κ1) is 8.45. The van der Waals surface area contributed by atoms with Gasteiger partial charge in [0.25, 0.3) is 5.91 Å². The highest BCUT2D eigenvalue weighted by Crippen LogP contribution is 2.03. The number of rotatable bonds is 1. The Labute approximate surface area is 65.1 Å². The molecule has 1 aliphatic heterocycles. The Morgan fingerprint density at radius 1 is 1.64 bits per heavy atom. The molecule has 5 heteroatoms. The fraction of sp³-hybridized carbons (Fsp3) is 0.833. The van der Waals surface area contributed by atoms with Gasteiger partial charge < -0.3 is 10.6 Å². The van der Waals surface area contributed by atoms with Crippen molar-refractivity contribution in [3.63, 3.8) is 0 Å². The number of carbonyl (C=O) groups is 1. The number of carbonyl (C=O) groups excluding carboxylic acids is 1. The number of hydrogen-bond donors (Lipinski definition) is 4. The second-order valence-electron chi connectivity index (χ2n) is 2.88. The lowest BCUT2D eigenvalue weighted by Gasteiger charge is -2.32. The van der Waals surface area contributed by atoms with Crippen molar-refractivity contribution in [1.29, 1.82) is 0 Å². The molecule has 0 aliphatic carbocycles. The quantitative estimate of drug-likeness (QED) is 0.276. The van der Waals surface area contributed by atoms with Crippen molar-refractivity contribution in [3.8, 4) is 0 Å². The molecule has 1 rings (SSSR count). The van der Waals surface area contributed by atoms with Gasteiger partial charge >= 0.3 is 0 Å². The minimum Gasteiger partial charge on any atom is -0.313 e. The molecule has 64 valence electrons. The molecule has 0 spiro atoms. The van der Waals surface area contributed by atoms with Crippen LogP contribution >= 0.6 is 0 Å². The molecule has 1 unspecified atom stereocenters. The van der Waals surface area contributed by atoms with Crippen LogP contribution in [0.2, 0.25) is 0 Å². The van der Waals surface area contributed by atoms with Gasteiger partial charge in [-0.25, -0.2) is 5.48 Å². The van der Waals surface area contributed by atoms with Crippen molar-refractivity contribution < 1.29 is 10.0 Å². The summed E-state index contributed by atoms with van der Waals surface area (Å²) in [6, 6.07) is 0. The maximum Gasteiger partial charge on any atom is 0.264 e. The van der Waals surface area contributed by atoms with Crippen LogP contribution < -0.4 is 16.1 Å². The molecule has 0 bridgehead atoms. The summed E-state index contributed by atoms with van der Waals surface area (Å²) in [5.41, 5.74) is 0.960. The highest BCUT2D eigenvalue weighted by atomic mass is 16.5. The number of hydrogen-bond acceptors (Lipinski definition) is 4. The van der Waals surface area contributed by atoms with Gasteiger partial charge in [-0.3, -0.25) is 10.0 Å². The van der Waals surface area contributed by atoms with Crippen molar-refractivity contribution in [3.05, 3.63) is 0 Å². The van der Waals surface area contributed by atoms with Crippen LogP contribution in [0.3, 0.4) is 0 Å². The fourth-order valence-electron chi connectivity index (χ4n) is 1.11. The molecule has 1 amide bonds. The number of amides is 1. The third-order valence-electron chi connectivity index (χ3n) is 1.90. The molecule has 1 saturated heterocycles. The zero-order valence-corrected chi connectivity index (χ0v) is 6.48. The first-order chi connectivity index (χ1) is 5.19. The van der Waals surface area contributed by atoms with Gasteiger partial charge in [-0.1, -0.05) is 0 Å². The Morgan fingerprint density at radius 3 is 2.82 bits per heavy atom. The molecule has 11 heavy (non-hydrogen) atoms. The lowest BCUT2D eigenvalue weighted by atomic mass is 10.00. The van der Waals surface area contributed by atoms with Gasteiger partial charge in [-0.2, -0.15) is 0 Å². The minimum atomic E-state index is -0.674. The summed E-state index contributed by atoms with van der Waals surface area (Å²) in [5.74, 6) is -0.398. The second-order valence-corrected chi connectivity index (χ2v) is 2.88.